The Kier molecular flexibility index (Phi) is 9.56. The second kappa shape index (κ2) is 12.7. The second-order valence-corrected chi connectivity index (χ2v) is 14.2. The van der Waals surface area contributed by atoms with Crippen molar-refractivity contribution < 1.29 is 29.9 Å². The van der Waals surface area contributed by atoms with Gasteiger partial charge in [-0.3, -0.25) is 0 Å². The first-order valence-electron chi connectivity index (χ1n) is 12.9. The SMILES string of the molecule is COc1cccc(OC)c1-c1ccccc1[P+](Cl)(c1ccccc1-c1ccccc1N)C1CCCCC1.[Pd]. The monoisotopic (exact) mass is 636 g/mol. The minimum Gasteiger partial charge on any atom is -0.496 e. The van der Waals surface area contributed by atoms with Gasteiger partial charge in [-0.2, -0.15) is 0 Å². The molecule has 0 aromatic heterocycles. The van der Waals surface area contributed by atoms with Crippen LogP contribution in [-0.2, 0) is 20.4 Å². The molecule has 1 fully saturated rings. The molecule has 0 aliphatic heterocycles. The van der Waals surface area contributed by atoms with E-state index in [0.29, 0.717) is 5.66 Å². The minimum atomic E-state index is -2.43. The summed E-state index contributed by atoms with van der Waals surface area (Å²) in [6, 6.07) is 31.2. The van der Waals surface area contributed by atoms with Gasteiger partial charge in [0.2, 0.25) is 0 Å². The van der Waals surface area contributed by atoms with E-state index in [1.807, 2.05) is 36.4 Å². The molecule has 0 saturated heterocycles. The molecule has 3 nitrogen and oxygen atoms in total. The molecule has 4 aromatic carbocycles. The van der Waals surface area contributed by atoms with Gasteiger partial charge in [-0.25, -0.2) is 0 Å². The molecule has 0 amide bonds. The first kappa shape index (κ1) is 28.7. The van der Waals surface area contributed by atoms with Crippen molar-refractivity contribution in [2.45, 2.75) is 37.8 Å². The number of methoxy groups -OCH3 is 2. The summed E-state index contributed by atoms with van der Waals surface area (Å²) in [4.78, 5) is 0. The van der Waals surface area contributed by atoms with E-state index < -0.39 is 6.62 Å². The van der Waals surface area contributed by atoms with E-state index >= 15 is 0 Å². The van der Waals surface area contributed by atoms with Crippen molar-refractivity contribution >= 4 is 34.2 Å². The molecule has 6 heteroatoms. The van der Waals surface area contributed by atoms with E-state index in [4.69, 9.17) is 26.4 Å². The number of rotatable bonds is 7. The third kappa shape index (κ3) is 5.26. The number of anilines is 1. The van der Waals surface area contributed by atoms with E-state index in [1.165, 1.54) is 29.9 Å². The minimum absolute atomic E-state index is 0. The molecule has 4 aromatic rings. The molecule has 0 heterocycles. The predicted molar refractivity (Wildman–Crippen MR) is 160 cm³/mol. The van der Waals surface area contributed by atoms with E-state index in [9.17, 15) is 0 Å². The molecule has 0 radical (unpaired) electrons. The van der Waals surface area contributed by atoms with Crippen LogP contribution in [0.25, 0.3) is 22.3 Å². The van der Waals surface area contributed by atoms with Crippen LogP contribution in [0.4, 0.5) is 5.69 Å². The van der Waals surface area contributed by atoms with E-state index in [-0.39, 0.29) is 20.4 Å². The van der Waals surface area contributed by atoms with Gasteiger partial charge in [0.15, 0.2) is 6.62 Å². The summed E-state index contributed by atoms with van der Waals surface area (Å²) in [5.74, 6) is 1.55. The molecule has 5 rings (SSSR count). The molecule has 1 aliphatic rings. The summed E-state index contributed by atoms with van der Waals surface area (Å²) in [7, 11) is 3.41. The molecular formula is C32H34ClNO2PPd+. The topological polar surface area (TPSA) is 44.5 Å². The Morgan fingerprint density at radius 3 is 1.74 bits per heavy atom. The molecule has 1 saturated carbocycles. The zero-order chi connectivity index (χ0) is 25.8. The van der Waals surface area contributed by atoms with E-state index in [2.05, 4.69) is 54.6 Å². The Bertz CT molecular complexity index is 1370. The average Bonchev–Trinajstić information content (AvgIpc) is 2.97. The van der Waals surface area contributed by atoms with Gasteiger partial charge in [0, 0.05) is 42.8 Å². The zero-order valence-corrected chi connectivity index (χ0v) is 25.0. The van der Waals surface area contributed by atoms with Crippen molar-refractivity contribution in [2.24, 2.45) is 0 Å². The Balaban J connectivity index is 0.00000336. The third-order valence-electron chi connectivity index (χ3n) is 7.54. The maximum atomic E-state index is 8.21. The van der Waals surface area contributed by atoms with Crippen LogP contribution in [0.5, 0.6) is 11.5 Å². The third-order valence-corrected chi connectivity index (χ3v) is 13.2. The maximum Gasteiger partial charge on any atom is 0.182 e. The maximum absolute atomic E-state index is 8.21. The summed E-state index contributed by atoms with van der Waals surface area (Å²) in [5.41, 5.74) is 11.8. The summed E-state index contributed by atoms with van der Waals surface area (Å²) in [6.07, 6.45) is 5.91. The van der Waals surface area contributed by atoms with Gasteiger partial charge >= 0.3 is 0 Å². The molecular weight excluding hydrogens is 603 g/mol. The fourth-order valence-corrected chi connectivity index (χ4v) is 11.1. The molecule has 0 bridgehead atoms. The van der Waals surface area contributed by atoms with Crippen molar-refractivity contribution in [3.05, 3.63) is 91.0 Å². The molecule has 1 atom stereocenters. The number of benzene rings is 4. The molecule has 0 spiro atoms. The van der Waals surface area contributed by atoms with Crippen LogP contribution in [0.15, 0.2) is 91.0 Å². The normalized spacial score (nSPS) is 15.2. The molecule has 1 aliphatic carbocycles. The summed E-state index contributed by atoms with van der Waals surface area (Å²) >= 11 is 8.21. The van der Waals surface area contributed by atoms with E-state index in [0.717, 1.165) is 52.3 Å². The van der Waals surface area contributed by atoms with Crippen LogP contribution in [0.2, 0.25) is 0 Å². The molecule has 1 unspecified atom stereocenters. The quantitative estimate of drug-likeness (QED) is 0.127. The number of nitrogens with two attached hydrogens (primary N) is 1. The van der Waals surface area contributed by atoms with Gasteiger partial charge in [0.25, 0.3) is 0 Å². The molecule has 200 valence electrons. The van der Waals surface area contributed by atoms with Gasteiger partial charge < -0.3 is 15.2 Å². The Morgan fingerprint density at radius 1 is 0.658 bits per heavy atom. The van der Waals surface area contributed by atoms with Crippen molar-refractivity contribution in [3.63, 3.8) is 0 Å². The van der Waals surface area contributed by atoms with Gasteiger partial charge in [-0.05, 0) is 56.0 Å². The van der Waals surface area contributed by atoms with Crippen LogP contribution in [0, 0.1) is 0 Å². The van der Waals surface area contributed by atoms with E-state index in [1.54, 1.807) is 14.2 Å². The fourth-order valence-electron chi connectivity index (χ4n) is 5.77. The number of ether oxygens (including phenoxy) is 2. The first-order chi connectivity index (χ1) is 18.1. The van der Waals surface area contributed by atoms with Gasteiger partial charge in [0.05, 0.1) is 36.7 Å². The fraction of sp³-hybridized carbons (Fsp3) is 0.250. The second-order valence-electron chi connectivity index (χ2n) is 9.59. The Morgan fingerprint density at radius 2 is 1.16 bits per heavy atom. The standard InChI is InChI=1S/C32H34ClNO2P.Pd/c1-35-28-19-12-20-29(36-2)32(28)26-17-8-11-22-31(26)37(33,23-13-4-3-5-14-23)30-21-10-7-16-25(30)24-15-6-9-18-27(24)34;/h6-12,15-23H,3-5,13-14,34H2,1-2H3;/q+1;. The number of hydrogen-bond acceptors (Lipinski definition) is 3. The van der Waals surface area contributed by atoms with Crippen LogP contribution in [0.1, 0.15) is 32.1 Å². The van der Waals surface area contributed by atoms with Gasteiger partial charge in [0.1, 0.15) is 22.1 Å². The number of nitrogen functional groups attached to an aromatic ring is 1. The number of halogens is 1. The number of para-hydroxylation sites is 1. The van der Waals surface area contributed by atoms with Crippen LogP contribution in [0.3, 0.4) is 0 Å². The number of hydrogen-bond donors (Lipinski definition) is 1. The Labute approximate surface area is 245 Å². The van der Waals surface area contributed by atoms with Crippen molar-refractivity contribution in [1.82, 2.24) is 0 Å². The average molecular weight is 637 g/mol. The molecule has 38 heavy (non-hydrogen) atoms. The summed E-state index contributed by atoms with van der Waals surface area (Å²) in [5, 5.41) is 2.37. The van der Waals surface area contributed by atoms with Gasteiger partial charge in [-0.15, -0.1) is 0 Å². The largest absolute Gasteiger partial charge is 0.496 e. The van der Waals surface area contributed by atoms with Gasteiger partial charge in [-0.1, -0.05) is 67.1 Å². The van der Waals surface area contributed by atoms with Crippen molar-refractivity contribution in [2.75, 3.05) is 20.0 Å². The smallest absolute Gasteiger partial charge is 0.182 e. The van der Waals surface area contributed by atoms with Crippen LogP contribution in [-0.4, -0.2) is 19.9 Å². The van der Waals surface area contributed by atoms with Crippen molar-refractivity contribution in [1.29, 1.82) is 0 Å². The summed E-state index contributed by atoms with van der Waals surface area (Å²) < 4.78 is 11.7. The first-order valence-corrected chi connectivity index (χ1v) is 15.7. The summed E-state index contributed by atoms with van der Waals surface area (Å²) in [6.45, 7) is -2.43. The molecule has 2 N–H and O–H groups in total. The van der Waals surface area contributed by atoms with Crippen LogP contribution >= 0.6 is 17.9 Å². The van der Waals surface area contributed by atoms with Crippen LogP contribution < -0.4 is 25.8 Å². The predicted octanol–water partition coefficient (Wildman–Crippen LogP) is 8.07. The Hall–Kier alpha value is -2.34. The van der Waals surface area contributed by atoms with Crippen molar-refractivity contribution in [3.8, 4) is 33.8 Å². The zero-order valence-electron chi connectivity index (χ0n) is 21.8.